The van der Waals surface area contributed by atoms with Crippen molar-refractivity contribution in [3.05, 3.63) is 82.5 Å². The molecule has 4 rings (SSSR count). The van der Waals surface area contributed by atoms with Crippen molar-refractivity contribution in [1.82, 2.24) is 5.32 Å². The minimum atomic E-state index is -0.275. The molecule has 1 aliphatic rings. The van der Waals surface area contributed by atoms with Crippen LogP contribution in [0.15, 0.2) is 60.7 Å². The van der Waals surface area contributed by atoms with E-state index < -0.39 is 0 Å². The molecular formula is C21H19FN2OS. The summed E-state index contributed by atoms with van der Waals surface area (Å²) in [5.74, 6) is -0.381. The van der Waals surface area contributed by atoms with E-state index in [-0.39, 0.29) is 11.7 Å². The van der Waals surface area contributed by atoms with Crippen LogP contribution in [0.4, 0.5) is 15.1 Å². The average molecular weight is 366 g/mol. The van der Waals surface area contributed by atoms with Gasteiger partial charge in [-0.1, -0.05) is 30.3 Å². The Morgan fingerprint density at radius 3 is 2.73 bits per heavy atom. The van der Waals surface area contributed by atoms with E-state index in [1.165, 1.54) is 34.7 Å². The fourth-order valence-electron chi connectivity index (χ4n) is 3.35. The summed E-state index contributed by atoms with van der Waals surface area (Å²) in [6.45, 7) is 2.59. The van der Waals surface area contributed by atoms with E-state index in [0.29, 0.717) is 17.5 Å². The van der Waals surface area contributed by atoms with Crippen molar-refractivity contribution in [2.75, 3.05) is 4.90 Å². The highest BCUT2D eigenvalue weighted by atomic mass is 32.1. The summed E-state index contributed by atoms with van der Waals surface area (Å²) < 4.78 is 12.9. The van der Waals surface area contributed by atoms with Gasteiger partial charge in [-0.3, -0.25) is 4.79 Å². The summed E-state index contributed by atoms with van der Waals surface area (Å²) in [7, 11) is 0. The molecule has 1 unspecified atom stereocenters. The van der Waals surface area contributed by atoms with Crippen LogP contribution in [-0.2, 0) is 13.0 Å². The highest BCUT2D eigenvalue weighted by Crippen LogP contribution is 2.41. The zero-order valence-electron chi connectivity index (χ0n) is 14.4. The molecule has 1 amide bonds. The van der Waals surface area contributed by atoms with E-state index in [1.807, 2.05) is 18.2 Å². The van der Waals surface area contributed by atoms with Crippen molar-refractivity contribution in [3.8, 4) is 0 Å². The van der Waals surface area contributed by atoms with E-state index in [4.69, 9.17) is 0 Å². The molecule has 2 heterocycles. The minimum Gasteiger partial charge on any atom is -0.347 e. The van der Waals surface area contributed by atoms with Gasteiger partial charge in [-0.2, -0.15) is 0 Å². The number of hydrogen-bond donors (Lipinski definition) is 1. The Morgan fingerprint density at radius 1 is 1.15 bits per heavy atom. The Hall–Kier alpha value is -2.66. The molecule has 1 N–H and O–H groups in total. The largest absolute Gasteiger partial charge is 0.347 e. The molecule has 0 spiro atoms. The molecule has 2 aromatic carbocycles. The van der Waals surface area contributed by atoms with E-state index in [1.54, 1.807) is 12.1 Å². The molecule has 26 heavy (non-hydrogen) atoms. The molecule has 0 saturated carbocycles. The first kappa shape index (κ1) is 16.8. The second-order valence-corrected chi connectivity index (χ2v) is 7.56. The number of benzene rings is 2. The maximum atomic E-state index is 12.9. The van der Waals surface area contributed by atoms with Gasteiger partial charge in [0, 0.05) is 18.3 Å². The number of thiophene rings is 1. The van der Waals surface area contributed by atoms with Gasteiger partial charge in [-0.05, 0) is 54.8 Å². The number of nitrogens with zero attached hydrogens (tertiary/aromatic N) is 1. The molecule has 0 saturated heterocycles. The van der Waals surface area contributed by atoms with Crippen molar-refractivity contribution in [2.45, 2.75) is 25.9 Å². The number of rotatable bonds is 4. The third-order valence-electron chi connectivity index (χ3n) is 4.63. The lowest BCUT2D eigenvalue weighted by molar-refractivity contribution is 0.0955. The Labute approximate surface area is 156 Å². The minimum absolute atomic E-state index is 0.106. The van der Waals surface area contributed by atoms with Crippen LogP contribution < -0.4 is 10.2 Å². The van der Waals surface area contributed by atoms with E-state index in [9.17, 15) is 9.18 Å². The van der Waals surface area contributed by atoms with Crippen LogP contribution in [0.2, 0.25) is 0 Å². The molecule has 0 fully saturated rings. The van der Waals surface area contributed by atoms with Gasteiger partial charge >= 0.3 is 0 Å². The Morgan fingerprint density at radius 2 is 1.92 bits per heavy atom. The number of nitrogens with one attached hydrogen (secondary N) is 1. The van der Waals surface area contributed by atoms with Crippen molar-refractivity contribution >= 4 is 27.9 Å². The van der Waals surface area contributed by atoms with Gasteiger partial charge in [0.1, 0.15) is 5.82 Å². The normalized spacial score (nSPS) is 15.8. The van der Waals surface area contributed by atoms with Crippen molar-refractivity contribution in [1.29, 1.82) is 0 Å². The molecule has 0 radical (unpaired) electrons. The highest BCUT2D eigenvalue weighted by molar-refractivity contribution is 7.18. The number of carbonyl (C=O) groups is 1. The van der Waals surface area contributed by atoms with Gasteiger partial charge < -0.3 is 10.2 Å². The molecule has 1 aliphatic heterocycles. The molecular weight excluding hydrogens is 347 g/mol. The highest BCUT2D eigenvalue weighted by Gasteiger charge is 2.28. The van der Waals surface area contributed by atoms with E-state index >= 15 is 0 Å². The van der Waals surface area contributed by atoms with Crippen LogP contribution in [0.25, 0.3) is 0 Å². The van der Waals surface area contributed by atoms with Crippen molar-refractivity contribution in [3.63, 3.8) is 0 Å². The molecule has 1 atom stereocenters. The lowest BCUT2D eigenvalue weighted by Gasteiger charge is -2.22. The van der Waals surface area contributed by atoms with Crippen LogP contribution in [0.5, 0.6) is 0 Å². The Kier molecular flexibility index (Phi) is 4.47. The number of anilines is 2. The number of hydrogen-bond acceptors (Lipinski definition) is 3. The van der Waals surface area contributed by atoms with Gasteiger partial charge in [0.2, 0.25) is 0 Å². The zero-order valence-corrected chi connectivity index (χ0v) is 15.2. The quantitative estimate of drug-likeness (QED) is 0.712. The predicted octanol–water partition coefficient (Wildman–Crippen LogP) is 4.90. The summed E-state index contributed by atoms with van der Waals surface area (Å²) in [5, 5.41) is 3.98. The SMILES string of the molecule is CC1Cc2ccccc2N1c1ccc(C(=O)NCc2ccc(F)cc2)s1. The monoisotopic (exact) mass is 366 g/mol. The molecule has 3 aromatic rings. The fourth-order valence-corrected chi connectivity index (χ4v) is 4.39. The van der Waals surface area contributed by atoms with E-state index in [0.717, 1.165) is 17.0 Å². The first-order valence-electron chi connectivity index (χ1n) is 8.61. The zero-order chi connectivity index (χ0) is 18.1. The Balaban J connectivity index is 1.47. The van der Waals surface area contributed by atoms with Gasteiger partial charge in [0.15, 0.2) is 0 Å². The molecule has 132 valence electrons. The average Bonchev–Trinajstić information content (AvgIpc) is 3.24. The number of amides is 1. The maximum absolute atomic E-state index is 12.9. The van der Waals surface area contributed by atoms with Crippen LogP contribution in [-0.4, -0.2) is 11.9 Å². The third-order valence-corrected chi connectivity index (χ3v) is 5.71. The maximum Gasteiger partial charge on any atom is 0.261 e. The summed E-state index contributed by atoms with van der Waals surface area (Å²) in [6, 6.07) is 18.8. The summed E-state index contributed by atoms with van der Waals surface area (Å²) >= 11 is 1.50. The molecule has 0 aliphatic carbocycles. The van der Waals surface area contributed by atoms with Crippen LogP contribution in [0, 0.1) is 5.82 Å². The molecule has 3 nitrogen and oxygen atoms in total. The second kappa shape index (κ2) is 6.92. The summed E-state index contributed by atoms with van der Waals surface area (Å²) in [5.41, 5.74) is 3.44. The van der Waals surface area contributed by atoms with Gasteiger partial charge in [-0.25, -0.2) is 4.39 Å². The third kappa shape index (κ3) is 3.22. The summed E-state index contributed by atoms with van der Waals surface area (Å²) in [4.78, 5) is 15.4. The first-order chi connectivity index (χ1) is 12.6. The fraction of sp³-hybridized carbons (Fsp3) is 0.190. The van der Waals surface area contributed by atoms with Gasteiger partial charge in [0.25, 0.3) is 5.91 Å². The predicted molar refractivity (Wildman–Crippen MR) is 104 cm³/mol. The molecule has 1 aromatic heterocycles. The Bertz CT molecular complexity index is 935. The van der Waals surface area contributed by atoms with Crippen molar-refractivity contribution < 1.29 is 9.18 Å². The van der Waals surface area contributed by atoms with Gasteiger partial charge in [0.05, 0.1) is 9.88 Å². The van der Waals surface area contributed by atoms with Crippen molar-refractivity contribution in [2.24, 2.45) is 0 Å². The van der Waals surface area contributed by atoms with Crippen LogP contribution in [0.3, 0.4) is 0 Å². The summed E-state index contributed by atoms with van der Waals surface area (Å²) in [6.07, 6.45) is 1.01. The first-order valence-corrected chi connectivity index (χ1v) is 9.43. The van der Waals surface area contributed by atoms with Crippen LogP contribution >= 0.6 is 11.3 Å². The number of carbonyl (C=O) groups excluding carboxylic acids is 1. The molecule has 5 heteroatoms. The second-order valence-electron chi connectivity index (χ2n) is 6.50. The van der Waals surface area contributed by atoms with Crippen LogP contribution in [0.1, 0.15) is 27.7 Å². The lowest BCUT2D eigenvalue weighted by Crippen LogP contribution is -2.23. The number of para-hydroxylation sites is 1. The standard InChI is InChI=1S/C21H19FN2OS/c1-14-12-16-4-2-3-5-18(16)24(14)20-11-10-19(26-20)21(25)23-13-15-6-8-17(22)9-7-15/h2-11,14H,12-13H2,1H3,(H,23,25). The number of halogens is 1. The van der Waals surface area contributed by atoms with E-state index in [2.05, 4.69) is 35.3 Å². The molecule has 0 bridgehead atoms. The smallest absolute Gasteiger partial charge is 0.261 e. The lowest BCUT2D eigenvalue weighted by atomic mass is 10.1. The van der Waals surface area contributed by atoms with Gasteiger partial charge in [-0.15, -0.1) is 11.3 Å². The topological polar surface area (TPSA) is 32.3 Å². The number of fused-ring (bicyclic) bond motifs is 1.